The summed E-state index contributed by atoms with van der Waals surface area (Å²) in [5, 5.41) is 36.8. The number of halogens is 1. The van der Waals surface area contributed by atoms with E-state index in [1.165, 1.54) is 40.5 Å². The Morgan fingerprint density at radius 1 is 1.06 bits per heavy atom. The van der Waals surface area contributed by atoms with E-state index in [-0.39, 0.29) is 95.1 Å². The number of nitrogens with zero attached hydrogens (tertiary/aromatic N) is 5. The van der Waals surface area contributed by atoms with Crippen LogP contribution in [0.15, 0.2) is 57.0 Å². The number of nitrogens with one attached hydrogen (secondary N) is 2. The van der Waals surface area contributed by atoms with Crippen molar-refractivity contribution in [2.75, 3.05) is 43.4 Å². The Hall–Kier alpha value is -2.90. The van der Waals surface area contributed by atoms with Gasteiger partial charge >= 0.3 is 59.1 Å². The third-order valence-corrected chi connectivity index (χ3v) is 11.2. The first-order chi connectivity index (χ1) is 23.6. The van der Waals surface area contributed by atoms with E-state index in [4.69, 9.17) is 0 Å². The molecule has 3 aromatic rings. The third-order valence-electron chi connectivity index (χ3n) is 8.96. The second kappa shape index (κ2) is 16.4. The minimum absolute atomic E-state index is 0. The molecule has 0 unspecified atom stereocenters. The van der Waals surface area contributed by atoms with Crippen LogP contribution in [0.5, 0.6) is 0 Å². The van der Waals surface area contributed by atoms with Crippen molar-refractivity contribution in [2.24, 2.45) is 5.10 Å². The van der Waals surface area contributed by atoms with Gasteiger partial charge in [-0.3, -0.25) is 24.3 Å². The fourth-order valence-electron chi connectivity index (χ4n) is 6.35. The number of amides is 2. The number of piperazine rings is 1. The van der Waals surface area contributed by atoms with Crippen molar-refractivity contribution < 1.29 is 92.9 Å². The minimum Gasteiger partial charge on any atom is -0.545 e. The number of aliphatic carboxylic acids is 1. The zero-order chi connectivity index (χ0) is 34.4. The van der Waals surface area contributed by atoms with Crippen LogP contribution < -0.4 is 90.3 Å². The van der Waals surface area contributed by atoms with Crippen LogP contribution >= 0.6 is 23.1 Å². The fourth-order valence-corrected chi connectivity index (χ4v) is 8.40. The van der Waals surface area contributed by atoms with Crippen LogP contribution in [0.2, 0.25) is 0 Å². The first kappa shape index (κ1) is 39.3. The number of thioether (sulfide) groups is 1. The maximum absolute atomic E-state index is 15.3. The van der Waals surface area contributed by atoms with Crippen LogP contribution in [-0.4, -0.2) is 94.5 Å². The number of carboxylic acids is 2. The predicted molar refractivity (Wildman–Crippen MR) is 176 cm³/mol. The number of aromatic carboxylic acids is 1. The maximum Gasteiger partial charge on any atom is 1.00 e. The molecule has 4 aliphatic rings. The molecule has 7 rings (SSSR count). The van der Waals surface area contributed by atoms with Gasteiger partial charge in [-0.15, -0.1) is 23.1 Å². The number of thiophene rings is 1. The number of fused-ring (bicyclic) bond motifs is 2. The molecule has 51 heavy (non-hydrogen) atoms. The number of hydrogen-bond acceptors (Lipinski definition) is 12. The van der Waals surface area contributed by atoms with Crippen molar-refractivity contribution in [1.82, 2.24) is 25.1 Å². The molecule has 0 bridgehead atoms. The second-order valence-corrected chi connectivity index (χ2v) is 14.3. The van der Waals surface area contributed by atoms with Crippen molar-refractivity contribution in [2.45, 2.75) is 36.7 Å². The standard InChI is InChI=1S/C32H32FN7O7S2.2Na/c33-22-11-20-23(39(18-3-4-18)14-21(28(20)42)31(44)45)12-24(22)37-5-7-38(8-6-37)35-16-34-13-17-15-49-30-26(29(43)40(30)27(17)32(46)47)36-25(41)10-19-2-1-9-48-19;;/h1-2,9,11-12,14,16,18,26,30H,3-8,10,13,15H2,(H,34,35)(H,36,41)(H,44,45)(H,46,47);;/q;2*+1/p-2/t26-,30-;;/m1../s1. The van der Waals surface area contributed by atoms with Crippen LogP contribution in [-0.2, 0) is 20.8 Å². The predicted octanol–water partition coefficient (Wildman–Crippen LogP) is -6.79. The SMILES string of the molecule is O=C(Cc1cccs1)N[C@@H]1C(=O)N2C(C(=O)[O-])=C(CNC=NN3CCN(c4cc5c(cc4F)c(=O)c(C(=O)[O-])cn5C4CC4)CC3)CS[C@H]12.[Na+].[Na+]. The van der Waals surface area contributed by atoms with Crippen LogP contribution in [0.25, 0.3) is 10.9 Å². The van der Waals surface area contributed by atoms with Gasteiger partial charge in [0.1, 0.15) is 23.6 Å². The first-order valence-corrected chi connectivity index (χ1v) is 17.6. The molecule has 2 aromatic heterocycles. The fraction of sp³-hybridized carbons (Fsp3) is 0.375. The van der Waals surface area contributed by atoms with Crippen molar-refractivity contribution >= 4 is 69.8 Å². The average molecular weight is 754 g/mol. The number of carbonyl (C=O) groups excluding carboxylic acids is 4. The summed E-state index contributed by atoms with van der Waals surface area (Å²) in [5.74, 6) is -4.18. The monoisotopic (exact) mass is 753 g/mol. The van der Waals surface area contributed by atoms with E-state index in [0.29, 0.717) is 48.7 Å². The van der Waals surface area contributed by atoms with Crippen LogP contribution in [0, 0.1) is 5.82 Å². The Morgan fingerprint density at radius 3 is 2.45 bits per heavy atom. The van der Waals surface area contributed by atoms with E-state index >= 15 is 4.39 Å². The summed E-state index contributed by atoms with van der Waals surface area (Å²) < 4.78 is 17.0. The molecule has 2 N–H and O–H groups in total. The summed E-state index contributed by atoms with van der Waals surface area (Å²) in [7, 11) is 0. The molecule has 1 aromatic carbocycles. The molecule has 0 radical (unpaired) electrons. The minimum atomic E-state index is -1.59. The number of carbonyl (C=O) groups is 4. The molecule has 0 spiro atoms. The maximum atomic E-state index is 15.3. The number of benzene rings is 1. The Bertz CT molecular complexity index is 1980. The van der Waals surface area contributed by atoms with Gasteiger partial charge in [0.15, 0.2) is 5.43 Å². The Balaban J connectivity index is 0.00000252. The largest absolute Gasteiger partial charge is 1.00 e. The Labute approximate surface area is 343 Å². The molecular formula is C32H30FN7Na2O7S2. The zero-order valence-electron chi connectivity index (χ0n) is 27.9. The van der Waals surface area contributed by atoms with E-state index in [2.05, 4.69) is 15.7 Å². The van der Waals surface area contributed by atoms with E-state index in [9.17, 15) is 34.2 Å². The summed E-state index contributed by atoms with van der Waals surface area (Å²) in [4.78, 5) is 65.6. The van der Waals surface area contributed by atoms with Gasteiger partial charge in [-0.1, -0.05) is 6.07 Å². The molecule has 2 atom stereocenters. The number of anilines is 1. The topological polar surface area (TPSA) is 183 Å². The number of aromatic nitrogens is 1. The zero-order valence-corrected chi connectivity index (χ0v) is 33.6. The van der Waals surface area contributed by atoms with Gasteiger partial charge in [0.05, 0.1) is 53.9 Å². The molecule has 2 saturated heterocycles. The Kier molecular flexibility index (Phi) is 12.6. The van der Waals surface area contributed by atoms with Gasteiger partial charge in [0.25, 0.3) is 5.91 Å². The number of rotatable bonds is 11. The van der Waals surface area contributed by atoms with Crippen molar-refractivity contribution in [1.29, 1.82) is 0 Å². The molecule has 256 valence electrons. The van der Waals surface area contributed by atoms with Crippen LogP contribution in [0.1, 0.15) is 34.1 Å². The summed E-state index contributed by atoms with van der Waals surface area (Å²) in [5.41, 5.74) is -0.217. The smallest absolute Gasteiger partial charge is 0.545 e. The van der Waals surface area contributed by atoms with E-state index in [1.54, 1.807) is 15.6 Å². The molecule has 1 aliphatic carbocycles. The molecular weight excluding hydrogens is 724 g/mol. The third kappa shape index (κ3) is 8.05. The van der Waals surface area contributed by atoms with Gasteiger partial charge in [-0.05, 0) is 42.0 Å². The van der Waals surface area contributed by atoms with Gasteiger partial charge in [-0.25, -0.2) is 4.39 Å². The van der Waals surface area contributed by atoms with Crippen LogP contribution in [0.4, 0.5) is 10.1 Å². The van der Waals surface area contributed by atoms with Gasteiger partial charge < -0.3 is 39.9 Å². The van der Waals surface area contributed by atoms with E-state index in [1.807, 2.05) is 22.4 Å². The van der Waals surface area contributed by atoms with E-state index in [0.717, 1.165) is 23.8 Å². The second-order valence-electron chi connectivity index (χ2n) is 12.1. The number of hydrazone groups is 1. The van der Waals surface area contributed by atoms with Crippen molar-refractivity contribution in [3.63, 3.8) is 0 Å². The number of carboxylic acid groups (broad SMARTS) is 2. The average Bonchev–Trinajstić information content (AvgIpc) is 3.80. The molecule has 3 fully saturated rings. The summed E-state index contributed by atoms with van der Waals surface area (Å²) in [6, 6.07) is 5.60. The summed E-state index contributed by atoms with van der Waals surface area (Å²) >= 11 is 2.80. The van der Waals surface area contributed by atoms with E-state index < -0.39 is 46.1 Å². The number of hydrogen-bond donors (Lipinski definition) is 2. The molecule has 14 nitrogen and oxygen atoms in total. The number of β-lactam (4-membered cyclic amide) rings is 1. The van der Waals surface area contributed by atoms with Crippen LogP contribution in [0.3, 0.4) is 0 Å². The quantitative estimate of drug-likeness (QED) is 0.0823. The number of pyridine rings is 1. The van der Waals surface area contributed by atoms with Gasteiger partial charge in [0, 0.05) is 47.9 Å². The van der Waals surface area contributed by atoms with Gasteiger partial charge in [-0.2, -0.15) is 5.10 Å². The summed E-state index contributed by atoms with van der Waals surface area (Å²) in [6.45, 7) is 1.84. The van der Waals surface area contributed by atoms with Gasteiger partial charge in [0.2, 0.25) is 5.91 Å². The molecule has 1 saturated carbocycles. The molecule has 2 amide bonds. The first-order valence-electron chi connectivity index (χ1n) is 15.7. The van der Waals surface area contributed by atoms with Crippen molar-refractivity contribution in [3.8, 4) is 0 Å². The molecule has 19 heteroatoms. The molecule has 5 heterocycles. The molecule has 3 aliphatic heterocycles. The summed E-state index contributed by atoms with van der Waals surface area (Å²) in [6.07, 6.45) is 4.55. The Morgan fingerprint density at radius 2 is 1.80 bits per heavy atom. The normalized spacial score (nSPS) is 20.0. The van der Waals surface area contributed by atoms with Crippen molar-refractivity contribution in [3.05, 3.63) is 73.6 Å².